The number of carboxylic acid groups (broad SMARTS) is 1. The third-order valence-corrected chi connectivity index (χ3v) is 3.10. The third-order valence-electron chi connectivity index (χ3n) is 3.10. The summed E-state index contributed by atoms with van der Waals surface area (Å²) in [6.07, 6.45) is 0.593. The van der Waals surface area contributed by atoms with E-state index in [0.29, 0.717) is 25.9 Å². The van der Waals surface area contributed by atoms with Gasteiger partial charge in [-0.25, -0.2) is 4.79 Å². The van der Waals surface area contributed by atoms with Gasteiger partial charge in [-0.2, -0.15) is 0 Å². The summed E-state index contributed by atoms with van der Waals surface area (Å²) >= 11 is 0. The normalized spacial score (nSPS) is 16.6. The van der Waals surface area contributed by atoms with Gasteiger partial charge in [-0.15, -0.1) is 0 Å². The van der Waals surface area contributed by atoms with Gasteiger partial charge in [0.25, 0.3) is 0 Å². The van der Waals surface area contributed by atoms with Crippen molar-refractivity contribution < 1.29 is 19.7 Å². The first-order chi connectivity index (χ1) is 8.69. The summed E-state index contributed by atoms with van der Waals surface area (Å²) in [5, 5.41) is 17.9. The van der Waals surface area contributed by atoms with Gasteiger partial charge in [0, 0.05) is 25.9 Å². The van der Waals surface area contributed by atoms with Gasteiger partial charge in [0.2, 0.25) is 0 Å². The van der Waals surface area contributed by atoms with E-state index in [1.165, 1.54) is 4.90 Å². The zero-order valence-electron chi connectivity index (χ0n) is 10.1. The van der Waals surface area contributed by atoms with Crippen LogP contribution in [0, 0.1) is 0 Å². The molecule has 98 valence electrons. The van der Waals surface area contributed by atoms with Crippen LogP contribution in [0.25, 0.3) is 0 Å². The number of carbonyl (C=O) groups is 1. The molecule has 0 spiro atoms. The van der Waals surface area contributed by atoms with Crippen LogP contribution in [0.4, 0.5) is 4.79 Å². The quantitative estimate of drug-likeness (QED) is 0.857. The van der Waals surface area contributed by atoms with E-state index in [2.05, 4.69) is 0 Å². The number of amides is 1. The number of hydrogen-bond acceptors (Lipinski definition) is 3. The third kappa shape index (κ3) is 3.13. The fraction of sp³-hybridized carbons (Fsp3) is 0.462. The minimum atomic E-state index is -0.865. The monoisotopic (exact) mass is 251 g/mol. The molecule has 1 fully saturated rings. The van der Waals surface area contributed by atoms with Gasteiger partial charge < -0.3 is 19.8 Å². The molecule has 2 N–H and O–H groups in total. The first kappa shape index (κ1) is 12.7. The number of aliphatic hydroxyl groups excluding tert-OH is 1. The molecule has 0 radical (unpaired) electrons. The maximum Gasteiger partial charge on any atom is 0.407 e. The van der Waals surface area contributed by atoms with Crippen molar-refractivity contribution in [2.45, 2.75) is 25.6 Å². The Bertz CT molecular complexity index is 413. The Morgan fingerprint density at radius 2 is 2.11 bits per heavy atom. The van der Waals surface area contributed by atoms with Crippen molar-refractivity contribution in [1.82, 2.24) is 4.90 Å². The molecule has 0 saturated carbocycles. The highest BCUT2D eigenvalue weighted by Crippen LogP contribution is 2.20. The molecular formula is C13H17NO4. The van der Waals surface area contributed by atoms with E-state index >= 15 is 0 Å². The van der Waals surface area contributed by atoms with E-state index in [1.807, 2.05) is 24.3 Å². The summed E-state index contributed by atoms with van der Waals surface area (Å²) in [5.41, 5.74) is 0.815. The van der Waals surface area contributed by atoms with Gasteiger partial charge in [-0.3, -0.25) is 0 Å². The van der Waals surface area contributed by atoms with Crippen molar-refractivity contribution in [3.63, 3.8) is 0 Å². The van der Waals surface area contributed by atoms with E-state index in [9.17, 15) is 4.79 Å². The largest absolute Gasteiger partial charge is 0.490 e. The molecule has 1 aliphatic rings. The summed E-state index contributed by atoms with van der Waals surface area (Å²) < 4.78 is 5.80. The number of hydrogen-bond donors (Lipinski definition) is 2. The summed E-state index contributed by atoms with van der Waals surface area (Å²) in [7, 11) is 0. The van der Waals surface area contributed by atoms with Crippen LogP contribution < -0.4 is 4.74 Å². The fourth-order valence-corrected chi connectivity index (χ4v) is 2.07. The van der Waals surface area contributed by atoms with Gasteiger partial charge in [0.05, 0.1) is 6.61 Å². The van der Waals surface area contributed by atoms with Crippen molar-refractivity contribution in [2.24, 2.45) is 0 Å². The second-order valence-electron chi connectivity index (χ2n) is 4.39. The Morgan fingerprint density at radius 1 is 1.39 bits per heavy atom. The SMILES string of the molecule is O=C(O)N1CCC(Oc2cccc(CO)c2)CC1. The van der Waals surface area contributed by atoms with E-state index in [4.69, 9.17) is 14.9 Å². The average Bonchev–Trinajstić information content (AvgIpc) is 2.39. The van der Waals surface area contributed by atoms with Crippen molar-refractivity contribution >= 4 is 6.09 Å². The van der Waals surface area contributed by atoms with Crippen LogP contribution in [-0.4, -0.2) is 40.4 Å². The minimum absolute atomic E-state index is 0.00530. The number of likely N-dealkylation sites (tertiary alicyclic amines) is 1. The lowest BCUT2D eigenvalue weighted by atomic mass is 10.1. The number of nitrogens with zero attached hydrogens (tertiary/aromatic N) is 1. The average molecular weight is 251 g/mol. The molecule has 0 unspecified atom stereocenters. The predicted molar refractivity (Wildman–Crippen MR) is 65.6 cm³/mol. The van der Waals surface area contributed by atoms with E-state index in [-0.39, 0.29) is 12.7 Å². The molecule has 1 aliphatic heterocycles. The smallest absolute Gasteiger partial charge is 0.407 e. The molecule has 0 atom stereocenters. The molecule has 5 heteroatoms. The molecule has 1 aromatic carbocycles. The van der Waals surface area contributed by atoms with Crippen molar-refractivity contribution in [1.29, 1.82) is 0 Å². The fourth-order valence-electron chi connectivity index (χ4n) is 2.07. The van der Waals surface area contributed by atoms with Gasteiger partial charge in [-0.05, 0) is 17.7 Å². The lowest BCUT2D eigenvalue weighted by molar-refractivity contribution is 0.0893. The Labute approximate surface area is 106 Å². The van der Waals surface area contributed by atoms with Crippen LogP contribution in [0.2, 0.25) is 0 Å². The molecule has 1 saturated heterocycles. The molecule has 18 heavy (non-hydrogen) atoms. The Morgan fingerprint density at radius 3 is 2.72 bits per heavy atom. The topological polar surface area (TPSA) is 70.0 Å². The predicted octanol–water partition coefficient (Wildman–Crippen LogP) is 1.70. The maximum atomic E-state index is 10.8. The van der Waals surface area contributed by atoms with Crippen LogP contribution in [0.5, 0.6) is 5.75 Å². The van der Waals surface area contributed by atoms with E-state index < -0.39 is 6.09 Å². The minimum Gasteiger partial charge on any atom is -0.490 e. The molecule has 2 rings (SSSR count). The maximum absolute atomic E-state index is 10.8. The molecule has 1 heterocycles. The highest BCUT2D eigenvalue weighted by Gasteiger charge is 2.23. The molecule has 5 nitrogen and oxygen atoms in total. The summed E-state index contributed by atoms with van der Waals surface area (Å²) in [6.45, 7) is 1.02. The Hall–Kier alpha value is -1.75. The van der Waals surface area contributed by atoms with Gasteiger partial charge in [-0.1, -0.05) is 12.1 Å². The number of benzene rings is 1. The second kappa shape index (κ2) is 5.73. The summed E-state index contributed by atoms with van der Waals surface area (Å²) in [5.74, 6) is 0.732. The molecule has 0 aliphatic carbocycles. The first-order valence-corrected chi connectivity index (χ1v) is 6.03. The molecule has 1 aromatic rings. The number of piperidine rings is 1. The number of ether oxygens (including phenoxy) is 1. The number of rotatable bonds is 3. The Balaban J connectivity index is 1.89. The Kier molecular flexibility index (Phi) is 4.04. The summed E-state index contributed by atoms with van der Waals surface area (Å²) in [6, 6.07) is 7.33. The molecule has 1 amide bonds. The first-order valence-electron chi connectivity index (χ1n) is 6.03. The summed E-state index contributed by atoms with van der Waals surface area (Å²) in [4.78, 5) is 12.2. The van der Waals surface area contributed by atoms with Crippen molar-refractivity contribution in [2.75, 3.05) is 13.1 Å². The van der Waals surface area contributed by atoms with Gasteiger partial charge >= 0.3 is 6.09 Å². The highest BCUT2D eigenvalue weighted by molar-refractivity contribution is 5.65. The van der Waals surface area contributed by atoms with Crippen LogP contribution in [0.1, 0.15) is 18.4 Å². The van der Waals surface area contributed by atoms with Gasteiger partial charge in [0.15, 0.2) is 0 Å². The molecular weight excluding hydrogens is 234 g/mol. The van der Waals surface area contributed by atoms with Crippen LogP contribution >= 0.6 is 0 Å². The second-order valence-corrected chi connectivity index (χ2v) is 4.39. The van der Waals surface area contributed by atoms with E-state index in [1.54, 1.807) is 0 Å². The lowest BCUT2D eigenvalue weighted by Gasteiger charge is -2.30. The van der Waals surface area contributed by atoms with E-state index in [0.717, 1.165) is 11.3 Å². The standard InChI is InChI=1S/C13H17NO4/c15-9-10-2-1-3-12(8-10)18-11-4-6-14(7-5-11)13(16)17/h1-3,8,11,15H,4-7,9H2,(H,16,17). The molecule has 0 aromatic heterocycles. The van der Waals surface area contributed by atoms with Crippen LogP contribution in [-0.2, 0) is 6.61 Å². The number of aliphatic hydroxyl groups is 1. The zero-order chi connectivity index (χ0) is 13.0. The van der Waals surface area contributed by atoms with Gasteiger partial charge in [0.1, 0.15) is 11.9 Å². The van der Waals surface area contributed by atoms with Crippen molar-refractivity contribution in [3.8, 4) is 5.75 Å². The van der Waals surface area contributed by atoms with Crippen LogP contribution in [0.3, 0.4) is 0 Å². The lowest BCUT2D eigenvalue weighted by Crippen LogP contribution is -2.41. The van der Waals surface area contributed by atoms with Crippen molar-refractivity contribution in [3.05, 3.63) is 29.8 Å². The van der Waals surface area contributed by atoms with Crippen LogP contribution in [0.15, 0.2) is 24.3 Å². The molecule has 0 bridgehead atoms. The zero-order valence-corrected chi connectivity index (χ0v) is 10.1. The highest BCUT2D eigenvalue weighted by atomic mass is 16.5.